The summed E-state index contributed by atoms with van der Waals surface area (Å²) >= 11 is 0. The predicted octanol–water partition coefficient (Wildman–Crippen LogP) is 2.81. The Labute approximate surface area is 99.0 Å². The van der Waals surface area contributed by atoms with E-state index in [9.17, 15) is 4.79 Å². The van der Waals surface area contributed by atoms with Gasteiger partial charge in [0.2, 0.25) is 0 Å². The maximum absolute atomic E-state index is 11.7. The highest BCUT2D eigenvalue weighted by atomic mass is 28.4. The molecule has 0 radical (unpaired) electrons. The van der Waals surface area contributed by atoms with Gasteiger partial charge in [-0.2, -0.15) is 0 Å². The molecule has 16 heavy (non-hydrogen) atoms. The summed E-state index contributed by atoms with van der Waals surface area (Å²) < 4.78 is 10.9. The summed E-state index contributed by atoms with van der Waals surface area (Å²) in [4.78, 5) is 13.4. The van der Waals surface area contributed by atoms with Crippen LogP contribution < -0.4 is 0 Å². The van der Waals surface area contributed by atoms with Crippen LogP contribution in [0.5, 0.6) is 0 Å². The van der Waals surface area contributed by atoms with Gasteiger partial charge in [0.15, 0.2) is 8.32 Å². The van der Waals surface area contributed by atoms with E-state index in [4.69, 9.17) is 9.16 Å². The molecule has 0 aromatic heterocycles. The number of ether oxygens (including phenoxy) is 1. The van der Waals surface area contributed by atoms with Crippen LogP contribution in [0.3, 0.4) is 0 Å². The van der Waals surface area contributed by atoms with Crippen molar-refractivity contribution in [3.63, 3.8) is 0 Å². The highest BCUT2D eigenvalue weighted by Gasteiger charge is 2.30. The zero-order valence-corrected chi connectivity index (χ0v) is 11.8. The maximum atomic E-state index is 11.7. The third kappa shape index (κ3) is 4.13. The Bertz CT molecular complexity index is 240. The molecule has 1 atom stereocenters. The molecule has 1 rings (SSSR count). The molecule has 0 aromatic carbocycles. The lowest BCUT2D eigenvalue weighted by molar-refractivity contribution is 0.0186. The van der Waals surface area contributed by atoms with Crippen molar-refractivity contribution < 1.29 is 14.0 Å². The third-order valence-corrected chi connectivity index (χ3v) is 3.58. The van der Waals surface area contributed by atoms with E-state index >= 15 is 0 Å². The van der Waals surface area contributed by atoms with Crippen LogP contribution in [0.25, 0.3) is 0 Å². The number of carbonyl (C=O) groups excluding carboxylic acids is 1. The second-order valence-corrected chi connectivity index (χ2v) is 9.66. The van der Waals surface area contributed by atoms with Gasteiger partial charge in [-0.15, -0.1) is 0 Å². The number of nitrogens with zero attached hydrogens (tertiary/aromatic N) is 1. The number of rotatable bonds is 2. The fraction of sp³-hybridized carbons (Fsp3) is 0.909. The first-order valence-electron chi connectivity index (χ1n) is 5.96. The summed E-state index contributed by atoms with van der Waals surface area (Å²) in [6.07, 6.45) is 3.92. The maximum Gasteiger partial charge on any atom is 0.411 e. The molecule has 1 fully saturated rings. The van der Waals surface area contributed by atoms with Crippen molar-refractivity contribution in [3.8, 4) is 0 Å². The van der Waals surface area contributed by atoms with Gasteiger partial charge >= 0.3 is 6.09 Å². The zero-order valence-electron chi connectivity index (χ0n) is 10.8. The molecule has 0 aliphatic carbocycles. The lowest BCUT2D eigenvalue weighted by Gasteiger charge is -2.33. The summed E-state index contributed by atoms with van der Waals surface area (Å²) in [6, 6.07) is 0. The molecule has 5 heteroatoms. The minimum absolute atomic E-state index is 0.0818. The van der Waals surface area contributed by atoms with E-state index in [0.29, 0.717) is 0 Å². The molecule has 1 saturated heterocycles. The van der Waals surface area contributed by atoms with E-state index in [1.165, 1.54) is 13.5 Å². The molecule has 1 aliphatic heterocycles. The number of amides is 1. The van der Waals surface area contributed by atoms with Crippen LogP contribution in [-0.4, -0.2) is 39.2 Å². The van der Waals surface area contributed by atoms with Crippen molar-refractivity contribution in [1.29, 1.82) is 0 Å². The standard InChI is InChI=1S/C11H23NO3Si/c1-14-11(13)12-9-7-5-6-8-10(12)15-16(2,3)4/h10H,5-9H2,1-4H3. The minimum atomic E-state index is -1.62. The number of likely N-dealkylation sites (tertiary alicyclic amines) is 1. The second-order valence-electron chi connectivity index (χ2n) is 5.20. The summed E-state index contributed by atoms with van der Waals surface area (Å²) in [7, 11) is -0.187. The van der Waals surface area contributed by atoms with Crippen molar-refractivity contribution in [2.45, 2.75) is 51.6 Å². The van der Waals surface area contributed by atoms with E-state index in [-0.39, 0.29) is 12.3 Å². The molecule has 1 amide bonds. The van der Waals surface area contributed by atoms with Crippen LogP contribution in [0.15, 0.2) is 0 Å². The Hall–Kier alpha value is -0.553. The molecule has 0 N–H and O–H groups in total. The summed E-state index contributed by atoms with van der Waals surface area (Å²) in [5.41, 5.74) is 0. The Morgan fingerprint density at radius 1 is 1.25 bits per heavy atom. The quantitative estimate of drug-likeness (QED) is 0.702. The normalized spacial score (nSPS) is 22.8. The van der Waals surface area contributed by atoms with Crippen molar-refractivity contribution in [1.82, 2.24) is 4.90 Å². The van der Waals surface area contributed by atoms with Crippen LogP contribution in [0.2, 0.25) is 19.6 Å². The summed E-state index contributed by atoms with van der Waals surface area (Å²) in [5, 5.41) is 0. The Morgan fingerprint density at radius 3 is 2.50 bits per heavy atom. The molecule has 4 nitrogen and oxygen atoms in total. The second kappa shape index (κ2) is 5.68. The molecule has 94 valence electrons. The summed E-state index contributed by atoms with van der Waals surface area (Å²) in [5.74, 6) is 0. The molecule has 1 unspecified atom stereocenters. The van der Waals surface area contributed by atoms with Gasteiger partial charge in [0.05, 0.1) is 7.11 Å². The lowest BCUT2D eigenvalue weighted by atomic mass is 10.2. The topological polar surface area (TPSA) is 38.8 Å². The van der Waals surface area contributed by atoms with Gasteiger partial charge < -0.3 is 9.16 Å². The average molecular weight is 245 g/mol. The number of hydrogen-bond acceptors (Lipinski definition) is 3. The first kappa shape index (κ1) is 13.5. The van der Waals surface area contributed by atoms with Crippen LogP contribution in [0, 0.1) is 0 Å². The van der Waals surface area contributed by atoms with Gasteiger partial charge in [-0.1, -0.05) is 6.42 Å². The number of hydrogen-bond donors (Lipinski definition) is 0. The first-order chi connectivity index (χ1) is 7.44. The van der Waals surface area contributed by atoms with Crippen molar-refractivity contribution >= 4 is 14.4 Å². The molecule has 0 aromatic rings. The zero-order chi connectivity index (χ0) is 12.2. The van der Waals surface area contributed by atoms with E-state index in [1.54, 1.807) is 4.90 Å². The molecule has 1 aliphatic rings. The molecule has 0 bridgehead atoms. The van der Waals surface area contributed by atoms with E-state index < -0.39 is 8.32 Å². The largest absolute Gasteiger partial charge is 0.453 e. The monoisotopic (exact) mass is 245 g/mol. The van der Waals surface area contributed by atoms with E-state index in [2.05, 4.69) is 19.6 Å². The van der Waals surface area contributed by atoms with Crippen LogP contribution >= 0.6 is 0 Å². The van der Waals surface area contributed by atoms with Crippen molar-refractivity contribution in [3.05, 3.63) is 0 Å². The van der Waals surface area contributed by atoms with Gasteiger partial charge in [0.1, 0.15) is 6.23 Å². The fourth-order valence-corrected chi connectivity index (χ4v) is 3.00. The van der Waals surface area contributed by atoms with Gasteiger partial charge in [-0.25, -0.2) is 4.79 Å². The smallest absolute Gasteiger partial charge is 0.411 e. The van der Waals surface area contributed by atoms with Gasteiger partial charge in [0.25, 0.3) is 0 Å². The molecule has 0 spiro atoms. The predicted molar refractivity (Wildman–Crippen MR) is 65.8 cm³/mol. The Kier molecular flexibility index (Phi) is 4.80. The Morgan fingerprint density at radius 2 is 1.94 bits per heavy atom. The average Bonchev–Trinajstić information content (AvgIpc) is 2.40. The third-order valence-electron chi connectivity index (χ3n) is 2.60. The minimum Gasteiger partial charge on any atom is -0.453 e. The highest BCUT2D eigenvalue weighted by molar-refractivity contribution is 6.69. The van der Waals surface area contributed by atoms with E-state index in [0.717, 1.165) is 25.8 Å². The van der Waals surface area contributed by atoms with Gasteiger partial charge in [-0.3, -0.25) is 4.90 Å². The highest BCUT2D eigenvalue weighted by Crippen LogP contribution is 2.21. The van der Waals surface area contributed by atoms with Gasteiger partial charge in [0, 0.05) is 6.54 Å². The van der Waals surface area contributed by atoms with Crippen LogP contribution in [0.1, 0.15) is 25.7 Å². The van der Waals surface area contributed by atoms with Crippen LogP contribution in [0.4, 0.5) is 4.79 Å². The summed E-state index contributed by atoms with van der Waals surface area (Å²) in [6.45, 7) is 7.19. The molecular weight excluding hydrogens is 222 g/mol. The lowest BCUT2D eigenvalue weighted by Crippen LogP contribution is -2.46. The molecule has 0 saturated carbocycles. The fourth-order valence-electron chi connectivity index (χ4n) is 1.93. The molecular formula is C11H23NO3Si. The SMILES string of the molecule is COC(=O)N1CCCCCC1O[Si](C)(C)C. The molecule has 1 heterocycles. The number of methoxy groups -OCH3 is 1. The van der Waals surface area contributed by atoms with Crippen molar-refractivity contribution in [2.75, 3.05) is 13.7 Å². The van der Waals surface area contributed by atoms with Gasteiger partial charge in [-0.05, 0) is 38.9 Å². The first-order valence-corrected chi connectivity index (χ1v) is 9.37. The van der Waals surface area contributed by atoms with Crippen LogP contribution in [-0.2, 0) is 9.16 Å². The Balaban J connectivity index is 2.69. The number of carbonyl (C=O) groups is 1. The van der Waals surface area contributed by atoms with E-state index in [1.807, 2.05) is 0 Å². The van der Waals surface area contributed by atoms with Crippen molar-refractivity contribution in [2.24, 2.45) is 0 Å².